The Bertz CT molecular complexity index is 759. The smallest absolute Gasteiger partial charge is 0.362 e. The van der Waals surface area contributed by atoms with Crippen LogP contribution in [-0.2, 0) is 5.41 Å². The van der Waals surface area contributed by atoms with Crippen LogP contribution in [0.25, 0.3) is 0 Å². The zero-order chi connectivity index (χ0) is 20.7. The molecule has 1 amide bonds. The number of halogens is 3. The van der Waals surface area contributed by atoms with E-state index in [4.69, 9.17) is 0 Å². The zero-order valence-corrected chi connectivity index (χ0v) is 16.5. The summed E-state index contributed by atoms with van der Waals surface area (Å²) in [7, 11) is 0. The topological polar surface area (TPSA) is 52.9 Å². The Morgan fingerprint density at radius 2 is 1.68 bits per heavy atom. The second-order valence-corrected chi connectivity index (χ2v) is 8.86. The Balaban J connectivity index is 1.92. The molecule has 0 unspecified atom stereocenters. The highest BCUT2D eigenvalue weighted by Crippen LogP contribution is 2.43. The molecule has 1 N–H and O–H groups in total. The first kappa shape index (κ1) is 20.8. The molecule has 0 spiro atoms. The molecule has 1 aliphatic heterocycles. The fourth-order valence-electron chi connectivity index (χ4n) is 3.90. The minimum absolute atomic E-state index is 0.0734. The van der Waals surface area contributed by atoms with Crippen molar-refractivity contribution in [2.75, 3.05) is 0 Å². The van der Waals surface area contributed by atoms with Crippen LogP contribution in [0.3, 0.4) is 0 Å². The molecule has 1 saturated carbocycles. The SMILES string of the molecule is CC(C)(C)c1ccc(C(=O)N2N=C(C3CCCCC3)C[C@@]2(O)C(F)(F)F)cc1. The van der Waals surface area contributed by atoms with Crippen LogP contribution in [-0.4, -0.2) is 33.6 Å². The molecular formula is C21H27F3N2O2. The van der Waals surface area contributed by atoms with Gasteiger partial charge in [-0.25, -0.2) is 0 Å². The van der Waals surface area contributed by atoms with Crippen LogP contribution in [0, 0.1) is 5.92 Å². The van der Waals surface area contributed by atoms with Gasteiger partial charge in [0.15, 0.2) is 0 Å². The summed E-state index contributed by atoms with van der Waals surface area (Å²) in [6.45, 7) is 6.02. The summed E-state index contributed by atoms with van der Waals surface area (Å²) >= 11 is 0. The third kappa shape index (κ3) is 3.81. The molecule has 0 aromatic heterocycles. The standard InChI is InChI=1S/C21H27F3N2O2/c1-19(2,3)16-11-9-15(10-12-16)18(27)26-20(28,21(22,23)24)13-17(25-26)14-7-5-4-6-8-14/h9-12,14,28H,4-8,13H2,1-3H3/t20-/m1/s1. The molecule has 0 radical (unpaired) electrons. The number of carbonyl (C=O) groups excluding carboxylic acids is 1. The third-order valence-electron chi connectivity index (χ3n) is 5.73. The molecule has 0 saturated heterocycles. The summed E-state index contributed by atoms with van der Waals surface area (Å²) in [6.07, 6.45) is -1.27. The fourth-order valence-corrected chi connectivity index (χ4v) is 3.90. The molecule has 7 heteroatoms. The van der Waals surface area contributed by atoms with Gasteiger partial charge in [0.05, 0.1) is 0 Å². The van der Waals surface area contributed by atoms with Gasteiger partial charge in [-0.15, -0.1) is 0 Å². The van der Waals surface area contributed by atoms with Crippen LogP contribution in [0.4, 0.5) is 13.2 Å². The van der Waals surface area contributed by atoms with Gasteiger partial charge in [-0.05, 0) is 41.9 Å². The lowest BCUT2D eigenvalue weighted by atomic mass is 9.83. The Morgan fingerprint density at radius 3 is 2.18 bits per heavy atom. The Kier molecular flexibility index (Phi) is 5.34. The van der Waals surface area contributed by atoms with Gasteiger partial charge in [0.2, 0.25) is 0 Å². The normalized spacial score (nSPS) is 24.4. The van der Waals surface area contributed by atoms with E-state index in [2.05, 4.69) is 5.10 Å². The number of nitrogens with zero attached hydrogens (tertiary/aromatic N) is 2. The van der Waals surface area contributed by atoms with Gasteiger partial charge in [-0.1, -0.05) is 52.2 Å². The second-order valence-electron chi connectivity index (χ2n) is 8.86. The lowest BCUT2D eigenvalue weighted by Crippen LogP contribution is -2.56. The number of hydrogen-bond donors (Lipinski definition) is 1. The zero-order valence-electron chi connectivity index (χ0n) is 16.5. The summed E-state index contributed by atoms with van der Waals surface area (Å²) in [5, 5.41) is 14.7. The van der Waals surface area contributed by atoms with Crippen molar-refractivity contribution in [3.05, 3.63) is 35.4 Å². The summed E-state index contributed by atoms with van der Waals surface area (Å²) in [4.78, 5) is 12.9. The lowest BCUT2D eigenvalue weighted by molar-refractivity contribution is -0.297. The van der Waals surface area contributed by atoms with Crippen LogP contribution in [0.1, 0.15) is 75.2 Å². The molecule has 1 aromatic rings. The summed E-state index contributed by atoms with van der Waals surface area (Å²) < 4.78 is 41.1. The molecule has 3 rings (SSSR count). The van der Waals surface area contributed by atoms with Gasteiger partial charge in [-0.3, -0.25) is 4.79 Å². The van der Waals surface area contributed by atoms with Crippen molar-refractivity contribution in [2.45, 2.75) is 76.6 Å². The van der Waals surface area contributed by atoms with Gasteiger partial charge in [0.25, 0.3) is 11.6 Å². The van der Waals surface area contributed by atoms with Crippen LogP contribution >= 0.6 is 0 Å². The highest BCUT2D eigenvalue weighted by atomic mass is 19.4. The second kappa shape index (κ2) is 7.17. The van der Waals surface area contributed by atoms with Crippen molar-refractivity contribution in [1.29, 1.82) is 0 Å². The van der Waals surface area contributed by atoms with E-state index in [1.165, 1.54) is 12.1 Å². The third-order valence-corrected chi connectivity index (χ3v) is 5.73. The first-order chi connectivity index (χ1) is 12.9. The minimum Gasteiger partial charge on any atom is -0.362 e. The predicted octanol–water partition coefficient (Wildman–Crippen LogP) is 5.02. The molecule has 2 aliphatic rings. The van der Waals surface area contributed by atoms with Crippen molar-refractivity contribution >= 4 is 11.6 Å². The fraction of sp³-hybridized carbons (Fsp3) is 0.619. The molecule has 1 fully saturated rings. The Labute approximate surface area is 163 Å². The van der Waals surface area contributed by atoms with Crippen molar-refractivity contribution in [3.63, 3.8) is 0 Å². The average Bonchev–Trinajstić information content (AvgIpc) is 3.00. The molecule has 1 atom stereocenters. The van der Waals surface area contributed by atoms with Gasteiger partial charge in [0, 0.05) is 17.7 Å². The molecule has 154 valence electrons. The number of benzene rings is 1. The number of amides is 1. The Hall–Kier alpha value is -1.89. The maximum absolute atomic E-state index is 13.7. The van der Waals surface area contributed by atoms with Gasteiger partial charge in [0.1, 0.15) is 0 Å². The minimum atomic E-state index is -4.99. The van der Waals surface area contributed by atoms with E-state index in [9.17, 15) is 23.1 Å². The number of rotatable bonds is 2. The summed E-state index contributed by atoms with van der Waals surface area (Å²) in [5.41, 5.74) is -2.13. The highest BCUT2D eigenvalue weighted by Gasteiger charge is 2.63. The van der Waals surface area contributed by atoms with E-state index in [0.29, 0.717) is 0 Å². The van der Waals surface area contributed by atoms with E-state index in [0.717, 1.165) is 37.7 Å². The molecule has 4 nitrogen and oxygen atoms in total. The largest absolute Gasteiger partial charge is 0.438 e. The van der Waals surface area contributed by atoms with Crippen LogP contribution in [0.2, 0.25) is 0 Å². The number of carbonyl (C=O) groups is 1. The van der Waals surface area contributed by atoms with Crippen molar-refractivity contribution < 1.29 is 23.1 Å². The summed E-state index contributed by atoms with van der Waals surface area (Å²) in [6, 6.07) is 6.44. The first-order valence-corrected chi connectivity index (χ1v) is 9.75. The van der Waals surface area contributed by atoms with E-state index < -0.39 is 24.2 Å². The molecule has 28 heavy (non-hydrogen) atoms. The van der Waals surface area contributed by atoms with Crippen LogP contribution in [0.5, 0.6) is 0 Å². The van der Waals surface area contributed by atoms with E-state index >= 15 is 0 Å². The number of hydrogen-bond acceptors (Lipinski definition) is 3. The number of alkyl halides is 3. The van der Waals surface area contributed by atoms with Crippen molar-refractivity contribution in [1.82, 2.24) is 5.01 Å². The lowest BCUT2D eigenvalue weighted by Gasteiger charge is -2.33. The monoisotopic (exact) mass is 396 g/mol. The molecule has 1 aromatic carbocycles. The van der Waals surface area contributed by atoms with Crippen LogP contribution < -0.4 is 0 Å². The van der Waals surface area contributed by atoms with Crippen molar-refractivity contribution in [2.24, 2.45) is 11.0 Å². The van der Waals surface area contributed by atoms with E-state index in [-0.39, 0.29) is 27.6 Å². The first-order valence-electron chi connectivity index (χ1n) is 9.75. The predicted molar refractivity (Wildman–Crippen MR) is 101 cm³/mol. The maximum atomic E-state index is 13.7. The Morgan fingerprint density at radius 1 is 1.11 bits per heavy atom. The van der Waals surface area contributed by atoms with Gasteiger partial charge >= 0.3 is 6.18 Å². The van der Waals surface area contributed by atoms with E-state index in [1.807, 2.05) is 20.8 Å². The quantitative estimate of drug-likeness (QED) is 0.763. The van der Waals surface area contributed by atoms with Crippen molar-refractivity contribution in [3.8, 4) is 0 Å². The molecule has 1 heterocycles. The number of hydrazone groups is 1. The van der Waals surface area contributed by atoms with Gasteiger partial charge < -0.3 is 5.11 Å². The molecule has 1 aliphatic carbocycles. The highest BCUT2D eigenvalue weighted by molar-refractivity contribution is 5.99. The maximum Gasteiger partial charge on any atom is 0.438 e. The average molecular weight is 396 g/mol. The molecule has 0 bridgehead atoms. The van der Waals surface area contributed by atoms with Gasteiger partial charge in [-0.2, -0.15) is 23.3 Å². The number of aliphatic hydroxyl groups is 1. The summed E-state index contributed by atoms with van der Waals surface area (Å²) in [5.74, 6) is -1.05. The van der Waals surface area contributed by atoms with Crippen LogP contribution in [0.15, 0.2) is 29.4 Å². The van der Waals surface area contributed by atoms with E-state index in [1.54, 1.807) is 12.1 Å². The molecular weight excluding hydrogens is 369 g/mol.